The molecule has 1 saturated carbocycles. The molecule has 0 aliphatic heterocycles. The lowest BCUT2D eigenvalue weighted by Gasteiger charge is -2.14. The van der Waals surface area contributed by atoms with E-state index >= 15 is 0 Å². The summed E-state index contributed by atoms with van der Waals surface area (Å²) in [7, 11) is 0. The number of aromatic nitrogens is 1. The number of aryl methyl sites for hydroxylation is 1. The molecule has 0 unspecified atom stereocenters. The van der Waals surface area contributed by atoms with Crippen LogP contribution in [-0.2, 0) is 11.2 Å². The molecule has 1 fully saturated rings. The van der Waals surface area contributed by atoms with Gasteiger partial charge in [-0.2, -0.15) is 0 Å². The first-order valence-corrected chi connectivity index (χ1v) is 8.81. The number of rotatable bonds is 7. The van der Waals surface area contributed by atoms with Gasteiger partial charge < -0.3 is 9.15 Å². The van der Waals surface area contributed by atoms with Crippen molar-refractivity contribution in [3.63, 3.8) is 0 Å². The smallest absolute Gasteiger partial charge is 0.360 e. The Bertz CT molecular complexity index is 728. The summed E-state index contributed by atoms with van der Waals surface area (Å²) >= 11 is 0. The maximum atomic E-state index is 12.1. The van der Waals surface area contributed by atoms with Crippen LogP contribution in [0.5, 0.6) is 0 Å². The van der Waals surface area contributed by atoms with E-state index in [0.29, 0.717) is 12.4 Å². The van der Waals surface area contributed by atoms with Crippen molar-refractivity contribution >= 4 is 5.97 Å². The van der Waals surface area contributed by atoms with E-state index in [-0.39, 0.29) is 5.69 Å². The van der Waals surface area contributed by atoms with Crippen molar-refractivity contribution in [3.05, 3.63) is 40.9 Å². The van der Waals surface area contributed by atoms with Gasteiger partial charge in [-0.15, -0.1) is 0 Å². The molecule has 0 saturated heterocycles. The molecule has 0 spiro atoms. The van der Waals surface area contributed by atoms with Crippen LogP contribution in [-0.4, -0.2) is 17.6 Å². The maximum absolute atomic E-state index is 12.1. The Labute approximate surface area is 143 Å². The van der Waals surface area contributed by atoms with Crippen molar-refractivity contribution in [1.29, 1.82) is 0 Å². The summed E-state index contributed by atoms with van der Waals surface area (Å²) in [6, 6.07) is 4.12. The molecule has 3 rings (SSSR count). The van der Waals surface area contributed by atoms with Crippen LogP contribution in [0.4, 0.5) is 0 Å². The topological polar surface area (TPSA) is 52.3 Å². The molecule has 24 heavy (non-hydrogen) atoms. The number of carbonyl (C=O) groups is 1. The Kier molecular flexibility index (Phi) is 5.03. The zero-order valence-electron chi connectivity index (χ0n) is 14.7. The fourth-order valence-corrected chi connectivity index (χ4v) is 3.16. The monoisotopic (exact) mass is 327 g/mol. The second-order valence-corrected chi connectivity index (χ2v) is 6.62. The van der Waals surface area contributed by atoms with Crippen LogP contribution in [0.15, 0.2) is 22.9 Å². The van der Waals surface area contributed by atoms with E-state index in [4.69, 9.17) is 9.15 Å². The molecular formula is C20H25NO3. The second-order valence-electron chi connectivity index (χ2n) is 6.62. The summed E-state index contributed by atoms with van der Waals surface area (Å²) in [4.78, 5) is 16.2. The minimum atomic E-state index is -0.427. The van der Waals surface area contributed by atoms with Gasteiger partial charge in [0, 0.05) is 5.56 Å². The van der Waals surface area contributed by atoms with Gasteiger partial charge in [-0.25, -0.2) is 9.78 Å². The highest BCUT2D eigenvalue weighted by atomic mass is 16.5. The predicted octanol–water partition coefficient (Wildman–Crippen LogP) is 4.87. The largest absolute Gasteiger partial charge is 0.461 e. The lowest BCUT2D eigenvalue weighted by molar-refractivity contribution is 0.0520. The lowest BCUT2D eigenvalue weighted by Crippen LogP contribution is -2.07. The molecular weight excluding hydrogens is 302 g/mol. The van der Waals surface area contributed by atoms with Crippen LogP contribution in [0.25, 0.3) is 11.3 Å². The van der Waals surface area contributed by atoms with Crippen LogP contribution in [0.2, 0.25) is 0 Å². The number of carbonyl (C=O) groups excluding carboxylic acids is 1. The summed E-state index contributed by atoms with van der Waals surface area (Å²) < 4.78 is 10.7. The van der Waals surface area contributed by atoms with Gasteiger partial charge in [-0.1, -0.05) is 31.4 Å². The summed E-state index contributed by atoms with van der Waals surface area (Å²) in [5.41, 5.74) is 5.03. The van der Waals surface area contributed by atoms with E-state index in [1.165, 1.54) is 48.8 Å². The fraction of sp³-hybridized carbons (Fsp3) is 0.500. The van der Waals surface area contributed by atoms with E-state index in [1.807, 2.05) is 6.07 Å². The Morgan fingerprint density at radius 1 is 1.33 bits per heavy atom. The minimum absolute atomic E-state index is 0.267. The third kappa shape index (κ3) is 3.53. The van der Waals surface area contributed by atoms with Crippen molar-refractivity contribution in [2.24, 2.45) is 5.92 Å². The molecule has 0 radical (unpaired) electrons. The molecule has 1 heterocycles. The molecule has 0 N–H and O–H groups in total. The lowest BCUT2D eigenvalue weighted by atomic mass is 9.91. The van der Waals surface area contributed by atoms with Crippen molar-refractivity contribution in [1.82, 2.24) is 4.98 Å². The molecule has 1 aliphatic rings. The standard InChI is InChI=1S/C20H25NO3/c1-4-23-20(22)18-19(24-12-21-18)17-11-8-13(2)14(3)16(17)7-5-6-15-9-10-15/h8,11-12,15H,4-7,9-10H2,1-3H3. The molecule has 1 aliphatic carbocycles. The Morgan fingerprint density at radius 2 is 2.12 bits per heavy atom. The van der Waals surface area contributed by atoms with Gasteiger partial charge in [-0.3, -0.25) is 0 Å². The highest BCUT2D eigenvalue weighted by Gasteiger charge is 2.24. The molecule has 0 atom stereocenters. The second kappa shape index (κ2) is 7.20. The number of ether oxygens (including phenoxy) is 1. The van der Waals surface area contributed by atoms with E-state index in [9.17, 15) is 4.79 Å². The van der Waals surface area contributed by atoms with E-state index < -0.39 is 5.97 Å². The van der Waals surface area contributed by atoms with Gasteiger partial charge >= 0.3 is 5.97 Å². The van der Waals surface area contributed by atoms with Gasteiger partial charge in [0.05, 0.1) is 6.61 Å². The van der Waals surface area contributed by atoms with Crippen LogP contribution < -0.4 is 0 Å². The zero-order chi connectivity index (χ0) is 17.1. The number of hydrogen-bond donors (Lipinski definition) is 0. The molecule has 1 aromatic carbocycles. The average molecular weight is 327 g/mol. The number of esters is 1. The summed E-state index contributed by atoms with van der Waals surface area (Å²) in [6.45, 7) is 6.38. The zero-order valence-corrected chi connectivity index (χ0v) is 14.7. The molecule has 128 valence electrons. The number of oxazole rings is 1. The summed E-state index contributed by atoms with van der Waals surface area (Å²) in [5, 5.41) is 0. The summed E-state index contributed by atoms with van der Waals surface area (Å²) in [5.74, 6) is 1.03. The summed E-state index contributed by atoms with van der Waals surface area (Å²) in [6.07, 6.45) is 7.55. The Balaban J connectivity index is 1.93. The first kappa shape index (κ1) is 16.7. The number of nitrogens with zero attached hydrogens (tertiary/aromatic N) is 1. The maximum Gasteiger partial charge on any atom is 0.360 e. The van der Waals surface area contributed by atoms with Gasteiger partial charge in [0.15, 0.2) is 17.8 Å². The van der Waals surface area contributed by atoms with Crippen molar-refractivity contribution in [2.45, 2.75) is 52.9 Å². The molecule has 1 aromatic heterocycles. The minimum Gasteiger partial charge on any atom is -0.461 e. The molecule has 0 amide bonds. The number of hydrogen-bond acceptors (Lipinski definition) is 4. The highest BCUT2D eigenvalue weighted by molar-refractivity contribution is 5.94. The van der Waals surface area contributed by atoms with Crippen molar-refractivity contribution in [2.75, 3.05) is 6.61 Å². The fourth-order valence-electron chi connectivity index (χ4n) is 3.16. The molecule has 0 bridgehead atoms. The SMILES string of the molecule is CCOC(=O)c1ncoc1-c1ccc(C)c(C)c1CCCC1CC1. The van der Waals surface area contributed by atoms with Gasteiger partial charge in [0.2, 0.25) is 0 Å². The van der Waals surface area contributed by atoms with Crippen LogP contribution in [0, 0.1) is 19.8 Å². The quantitative estimate of drug-likeness (QED) is 0.681. The third-order valence-electron chi connectivity index (χ3n) is 4.89. The normalized spacial score (nSPS) is 14.0. The number of benzene rings is 1. The van der Waals surface area contributed by atoms with Gasteiger partial charge in [0.1, 0.15) is 0 Å². The highest BCUT2D eigenvalue weighted by Crippen LogP contribution is 2.36. The van der Waals surface area contributed by atoms with Crippen LogP contribution >= 0.6 is 0 Å². The first-order valence-electron chi connectivity index (χ1n) is 8.81. The van der Waals surface area contributed by atoms with Crippen LogP contribution in [0.1, 0.15) is 59.8 Å². The Hall–Kier alpha value is -2.10. The van der Waals surface area contributed by atoms with Crippen molar-refractivity contribution < 1.29 is 13.9 Å². The van der Waals surface area contributed by atoms with Crippen LogP contribution in [0.3, 0.4) is 0 Å². The van der Waals surface area contributed by atoms with E-state index in [1.54, 1.807) is 6.92 Å². The first-order chi connectivity index (χ1) is 11.6. The van der Waals surface area contributed by atoms with Gasteiger partial charge in [0.25, 0.3) is 0 Å². The molecule has 2 aromatic rings. The Morgan fingerprint density at radius 3 is 2.83 bits per heavy atom. The predicted molar refractivity (Wildman–Crippen MR) is 93.0 cm³/mol. The molecule has 4 nitrogen and oxygen atoms in total. The third-order valence-corrected chi connectivity index (χ3v) is 4.89. The molecule has 4 heteroatoms. The van der Waals surface area contributed by atoms with E-state index in [2.05, 4.69) is 24.9 Å². The van der Waals surface area contributed by atoms with Crippen molar-refractivity contribution in [3.8, 4) is 11.3 Å². The average Bonchev–Trinajstić information content (AvgIpc) is 3.26. The van der Waals surface area contributed by atoms with E-state index in [0.717, 1.165) is 17.9 Å². The van der Waals surface area contributed by atoms with Gasteiger partial charge in [-0.05, 0) is 56.2 Å².